The van der Waals surface area contributed by atoms with Crippen LogP contribution in [-0.4, -0.2) is 40.5 Å². The zero-order valence-electron chi connectivity index (χ0n) is 11.5. The van der Waals surface area contributed by atoms with Crippen molar-refractivity contribution in [2.75, 3.05) is 40.5 Å². The molecule has 1 aliphatic rings. The Morgan fingerprint density at radius 2 is 1.94 bits per heavy atom. The number of rotatable bonds is 10. The molecular formula is C14H29NO2. The van der Waals surface area contributed by atoms with E-state index in [2.05, 4.69) is 12.4 Å². The van der Waals surface area contributed by atoms with Gasteiger partial charge >= 0.3 is 0 Å². The first-order chi connectivity index (χ1) is 8.38. The van der Waals surface area contributed by atoms with Crippen LogP contribution in [0.4, 0.5) is 0 Å². The molecule has 0 aromatic carbocycles. The minimum Gasteiger partial charge on any atom is -0.382 e. The minimum atomic E-state index is 0.711. The minimum absolute atomic E-state index is 0.711. The second kappa shape index (κ2) is 9.86. The molecule has 0 radical (unpaired) electrons. The van der Waals surface area contributed by atoms with Crippen LogP contribution in [-0.2, 0) is 9.47 Å². The summed E-state index contributed by atoms with van der Waals surface area (Å²) in [5, 5.41) is 3.35. The summed E-state index contributed by atoms with van der Waals surface area (Å²) in [5.74, 6) is 1.81. The first kappa shape index (κ1) is 14.9. The van der Waals surface area contributed by atoms with E-state index in [9.17, 15) is 0 Å². The van der Waals surface area contributed by atoms with E-state index in [1.54, 1.807) is 7.11 Å². The molecule has 0 heterocycles. The van der Waals surface area contributed by atoms with Gasteiger partial charge in [-0.2, -0.15) is 0 Å². The van der Waals surface area contributed by atoms with Crippen LogP contribution in [0, 0.1) is 11.8 Å². The Bertz CT molecular complexity index is 170. The van der Waals surface area contributed by atoms with Crippen molar-refractivity contribution >= 4 is 0 Å². The first-order valence-electron chi connectivity index (χ1n) is 7.09. The molecule has 1 atom stereocenters. The van der Waals surface area contributed by atoms with Gasteiger partial charge in [0.2, 0.25) is 0 Å². The Morgan fingerprint density at radius 1 is 1.18 bits per heavy atom. The summed E-state index contributed by atoms with van der Waals surface area (Å²) in [7, 11) is 3.78. The summed E-state index contributed by atoms with van der Waals surface area (Å²) in [4.78, 5) is 0. The van der Waals surface area contributed by atoms with Gasteiger partial charge in [-0.3, -0.25) is 0 Å². The molecule has 0 spiro atoms. The lowest BCUT2D eigenvalue weighted by atomic mass is 9.87. The number of hydrogen-bond acceptors (Lipinski definition) is 3. The maximum absolute atomic E-state index is 5.52. The standard InChI is InChI=1S/C14H29NO2/c1-15-12-14(13-6-3-4-7-13)8-5-9-17-11-10-16-2/h13-15H,3-12H2,1-2H3. The highest BCUT2D eigenvalue weighted by molar-refractivity contribution is 4.76. The molecule has 1 fully saturated rings. The third kappa shape index (κ3) is 6.39. The quantitative estimate of drug-likeness (QED) is 0.598. The maximum Gasteiger partial charge on any atom is 0.0700 e. The summed E-state index contributed by atoms with van der Waals surface area (Å²) >= 11 is 0. The van der Waals surface area contributed by atoms with Crippen molar-refractivity contribution in [3.63, 3.8) is 0 Å². The summed E-state index contributed by atoms with van der Waals surface area (Å²) in [6.07, 6.45) is 8.25. The van der Waals surface area contributed by atoms with E-state index < -0.39 is 0 Å². The van der Waals surface area contributed by atoms with Gasteiger partial charge in [0, 0.05) is 13.7 Å². The van der Waals surface area contributed by atoms with Crippen LogP contribution in [0.2, 0.25) is 0 Å². The van der Waals surface area contributed by atoms with Gasteiger partial charge in [0.25, 0.3) is 0 Å². The zero-order chi connectivity index (χ0) is 12.3. The van der Waals surface area contributed by atoms with Crippen molar-refractivity contribution in [2.45, 2.75) is 38.5 Å². The summed E-state index contributed by atoms with van der Waals surface area (Å²) < 4.78 is 10.5. The smallest absolute Gasteiger partial charge is 0.0700 e. The highest BCUT2D eigenvalue weighted by Crippen LogP contribution is 2.33. The Hall–Kier alpha value is -0.120. The number of methoxy groups -OCH3 is 1. The summed E-state index contributed by atoms with van der Waals surface area (Å²) in [5.41, 5.74) is 0. The van der Waals surface area contributed by atoms with Gasteiger partial charge in [0.15, 0.2) is 0 Å². The Kier molecular flexibility index (Phi) is 8.67. The van der Waals surface area contributed by atoms with Gasteiger partial charge in [-0.1, -0.05) is 25.7 Å². The predicted molar refractivity (Wildman–Crippen MR) is 71.3 cm³/mol. The molecule has 0 aromatic heterocycles. The molecular weight excluding hydrogens is 214 g/mol. The molecule has 3 nitrogen and oxygen atoms in total. The lowest BCUT2D eigenvalue weighted by Crippen LogP contribution is -2.25. The van der Waals surface area contributed by atoms with E-state index >= 15 is 0 Å². The maximum atomic E-state index is 5.52. The van der Waals surface area contributed by atoms with Crippen molar-refractivity contribution in [1.82, 2.24) is 5.32 Å². The topological polar surface area (TPSA) is 30.5 Å². The second-order valence-corrected chi connectivity index (χ2v) is 5.11. The van der Waals surface area contributed by atoms with Crippen molar-refractivity contribution in [3.05, 3.63) is 0 Å². The Balaban J connectivity index is 2.07. The number of nitrogens with one attached hydrogen (secondary N) is 1. The third-order valence-electron chi connectivity index (χ3n) is 3.83. The fourth-order valence-corrected chi connectivity index (χ4v) is 2.89. The van der Waals surface area contributed by atoms with E-state index in [1.807, 2.05) is 0 Å². The van der Waals surface area contributed by atoms with Crippen LogP contribution in [0.5, 0.6) is 0 Å². The van der Waals surface area contributed by atoms with Gasteiger partial charge in [0.1, 0.15) is 0 Å². The second-order valence-electron chi connectivity index (χ2n) is 5.11. The van der Waals surface area contributed by atoms with Gasteiger partial charge in [-0.15, -0.1) is 0 Å². The van der Waals surface area contributed by atoms with Crippen molar-refractivity contribution < 1.29 is 9.47 Å². The largest absolute Gasteiger partial charge is 0.382 e. The van der Waals surface area contributed by atoms with E-state index in [0.29, 0.717) is 6.61 Å². The SMILES string of the molecule is CNCC(CCCOCCOC)C1CCCC1. The normalized spacial score (nSPS) is 18.7. The van der Waals surface area contributed by atoms with Crippen LogP contribution in [0.3, 0.4) is 0 Å². The molecule has 0 aliphatic heterocycles. The highest BCUT2D eigenvalue weighted by Gasteiger charge is 2.23. The molecule has 0 saturated heterocycles. The summed E-state index contributed by atoms with van der Waals surface area (Å²) in [6.45, 7) is 3.50. The number of hydrogen-bond donors (Lipinski definition) is 1. The van der Waals surface area contributed by atoms with Crippen LogP contribution >= 0.6 is 0 Å². The van der Waals surface area contributed by atoms with Crippen LogP contribution in [0.15, 0.2) is 0 Å². The molecule has 0 aromatic rings. The van der Waals surface area contributed by atoms with E-state index in [4.69, 9.17) is 9.47 Å². The van der Waals surface area contributed by atoms with Crippen molar-refractivity contribution in [3.8, 4) is 0 Å². The van der Waals surface area contributed by atoms with Gasteiger partial charge in [-0.05, 0) is 38.3 Å². The molecule has 1 aliphatic carbocycles. The molecule has 1 unspecified atom stereocenters. The summed E-state index contributed by atoms with van der Waals surface area (Å²) in [6, 6.07) is 0. The highest BCUT2D eigenvalue weighted by atomic mass is 16.5. The molecule has 1 rings (SSSR count). The van der Waals surface area contributed by atoms with E-state index in [-0.39, 0.29) is 0 Å². The van der Waals surface area contributed by atoms with E-state index in [0.717, 1.165) is 25.0 Å². The van der Waals surface area contributed by atoms with Gasteiger partial charge in [-0.25, -0.2) is 0 Å². The van der Waals surface area contributed by atoms with Crippen molar-refractivity contribution in [2.24, 2.45) is 11.8 Å². The Labute approximate surface area is 106 Å². The molecule has 0 bridgehead atoms. The zero-order valence-corrected chi connectivity index (χ0v) is 11.5. The number of ether oxygens (including phenoxy) is 2. The molecule has 3 heteroatoms. The van der Waals surface area contributed by atoms with Gasteiger partial charge in [0.05, 0.1) is 13.2 Å². The fourth-order valence-electron chi connectivity index (χ4n) is 2.89. The lowest BCUT2D eigenvalue weighted by Gasteiger charge is -2.23. The lowest BCUT2D eigenvalue weighted by molar-refractivity contribution is 0.0660. The predicted octanol–water partition coefficient (Wildman–Crippen LogP) is 2.46. The Morgan fingerprint density at radius 3 is 2.59 bits per heavy atom. The average Bonchev–Trinajstić information content (AvgIpc) is 2.86. The molecule has 1 N–H and O–H groups in total. The van der Waals surface area contributed by atoms with Crippen LogP contribution in [0.1, 0.15) is 38.5 Å². The molecule has 0 amide bonds. The van der Waals surface area contributed by atoms with Gasteiger partial charge < -0.3 is 14.8 Å². The molecule has 17 heavy (non-hydrogen) atoms. The van der Waals surface area contributed by atoms with Crippen molar-refractivity contribution in [1.29, 1.82) is 0 Å². The molecule has 1 saturated carbocycles. The monoisotopic (exact) mass is 243 g/mol. The average molecular weight is 243 g/mol. The van der Waals surface area contributed by atoms with Crippen LogP contribution < -0.4 is 5.32 Å². The molecule has 102 valence electrons. The third-order valence-corrected chi connectivity index (χ3v) is 3.83. The first-order valence-corrected chi connectivity index (χ1v) is 7.09. The fraction of sp³-hybridized carbons (Fsp3) is 1.00. The van der Waals surface area contributed by atoms with Crippen LogP contribution in [0.25, 0.3) is 0 Å². The van der Waals surface area contributed by atoms with E-state index in [1.165, 1.54) is 45.1 Å².